The molecule has 3 aromatic rings. The lowest BCUT2D eigenvalue weighted by molar-refractivity contribution is 0.414. The third-order valence-electron chi connectivity index (χ3n) is 3.40. The van der Waals surface area contributed by atoms with Crippen LogP contribution < -0.4 is 4.74 Å². The molecule has 2 heterocycles. The van der Waals surface area contributed by atoms with Gasteiger partial charge in [0.25, 0.3) is 0 Å². The number of aryl methyl sites for hydroxylation is 1. The number of methoxy groups -OCH3 is 1. The predicted molar refractivity (Wildman–Crippen MR) is 79.0 cm³/mol. The summed E-state index contributed by atoms with van der Waals surface area (Å²) >= 11 is 0. The fraction of sp³-hybridized carbons (Fsp3) is 0.250. The summed E-state index contributed by atoms with van der Waals surface area (Å²) in [6.45, 7) is 2.90. The van der Waals surface area contributed by atoms with Gasteiger partial charge in [-0.25, -0.2) is 9.97 Å². The molecule has 4 heteroatoms. The average Bonchev–Trinajstić information content (AvgIpc) is 2.86. The molecule has 0 N–H and O–H groups in total. The number of hydrogen-bond acceptors (Lipinski definition) is 3. The molecule has 0 aliphatic heterocycles. The fourth-order valence-corrected chi connectivity index (χ4v) is 2.35. The van der Waals surface area contributed by atoms with Crippen LogP contribution in [0.4, 0.5) is 0 Å². The largest absolute Gasteiger partial charge is 0.497 e. The van der Waals surface area contributed by atoms with Gasteiger partial charge in [0.2, 0.25) is 0 Å². The van der Waals surface area contributed by atoms with E-state index in [9.17, 15) is 0 Å². The number of rotatable bonds is 4. The van der Waals surface area contributed by atoms with E-state index in [1.165, 1.54) is 5.56 Å². The van der Waals surface area contributed by atoms with Gasteiger partial charge in [-0.1, -0.05) is 19.1 Å². The lowest BCUT2D eigenvalue weighted by Crippen LogP contribution is -2.05. The maximum atomic E-state index is 5.19. The zero-order chi connectivity index (χ0) is 13.9. The third kappa shape index (κ3) is 2.25. The lowest BCUT2D eigenvalue weighted by atomic mass is 10.2. The van der Waals surface area contributed by atoms with Crippen LogP contribution in [0, 0.1) is 0 Å². The van der Waals surface area contributed by atoms with Gasteiger partial charge in [-0.2, -0.15) is 0 Å². The molecule has 0 unspecified atom stereocenters. The molecule has 0 bridgehead atoms. The van der Waals surface area contributed by atoms with Crippen molar-refractivity contribution in [3.8, 4) is 5.75 Å². The van der Waals surface area contributed by atoms with E-state index in [4.69, 9.17) is 4.74 Å². The molecule has 0 saturated heterocycles. The first-order chi connectivity index (χ1) is 9.81. The van der Waals surface area contributed by atoms with Gasteiger partial charge in [0.15, 0.2) is 5.65 Å². The van der Waals surface area contributed by atoms with Crippen molar-refractivity contribution in [1.82, 2.24) is 14.5 Å². The maximum Gasteiger partial charge on any atom is 0.160 e. The second kappa shape index (κ2) is 5.33. The second-order valence-corrected chi connectivity index (χ2v) is 4.66. The Hall–Kier alpha value is -2.36. The molecule has 0 saturated carbocycles. The van der Waals surface area contributed by atoms with Crippen molar-refractivity contribution in [2.24, 2.45) is 0 Å². The summed E-state index contributed by atoms with van der Waals surface area (Å²) in [5, 5.41) is 0. The summed E-state index contributed by atoms with van der Waals surface area (Å²) < 4.78 is 7.37. The topological polar surface area (TPSA) is 39.9 Å². The number of ether oxygens (including phenoxy) is 1. The van der Waals surface area contributed by atoms with E-state index in [1.54, 1.807) is 7.11 Å². The van der Waals surface area contributed by atoms with Gasteiger partial charge in [0.05, 0.1) is 13.7 Å². The van der Waals surface area contributed by atoms with Gasteiger partial charge in [0.1, 0.15) is 17.1 Å². The van der Waals surface area contributed by atoms with Crippen molar-refractivity contribution in [2.45, 2.75) is 19.9 Å². The normalized spacial score (nSPS) is 10.9. The second-order valence-electron chi connectivity index (χ2n) is 4.66. The molecule has 102 valence electrons. The van der Waals surface area contributed by atoms with E-state index >= 15 is 0 Å². The molecule has 2 aromatic heterocycles. The Morgan fingerprint density at radius 2 is 1.95 bits per heavy atom. The van der Waals surface area contributed by atoms with Crippen LogP contribution in [0.5, 0.6) is 5.75 Å². The number of fused-ring (bicyclic) bond motifs is 1. The van der Waals surface area contributed by atoms with Crippen LogP contribution in [0.3, 0.4) is 0 Å². The average molecular weight is 267 g/mol. The Balaban J connectivity index is 2.00. The minimum Gasteiger partial charge on any atom is -0.497 e. The van der Waals surface area contributed by atoms with Crippen LogP contribution in [-0.2, 0) is 13.0 Å². The predicted octanol–water partition coefficient (Wildman–Crippen LogP) is 3.05. The zero-order valence-corrected chi connectivity index (χ0v) is 11.7. The molecule has 0 aliphatic rings. The van der Waals surface area contributed by atoms with Gasteiger partial charge >= 0.3 is 0 Å². The van der Waals surface area contributed by atoms with Crippen molar-refractivity contribution in [2.75, 3.05) is 7.11 Å². The first kappa shape index (κ1) is 12.7. The molecule has 3 rings (SSSR count). The summed E-state index contributed by atoms with van der Waals surface area (Å²) in [5.41, 5.74) is 3.11. The number of pyridine rings is 1. The zero-order valence-electron chi connectivity index (χ0n) is 11.7. The molecule has 1 aromatic carbocycles. The molecular weight excluding hydrogens is 250 g/mol. The number of imidazole rings is 1. The van der Waals surface area contributed by atoms with Crippen LogP contribution in [-0.4, -0.2) is 21.6 Å². The Bertz CT molecular complexity index is 716. The number of aromatic nitrogens is 3. The summed E-state index contributed by atoms with van der Waals surface area (Å²) in [4.78, 5) is 9.09. The molecule has 20 heavy (non-hydrogen) atoms. The summed E-state index contributed by atoms with van der Waals surface area (Å²) in [6.07, 6.45) is 2.71. The third-order valence-corrected chi connectivity index (χ3v) is 3.40. The highest BCUT2D eigenvalue weighted by molar-refractivity contribution is 5.71. The molecule has 0 fully saturated rings. The van der Waals surface area contributed by atoms with E-state index in [-0.39, 0.29) is 0 Å². The maximum absolute atomic E-state index is 5.19. The molecule has 0 aliphatic carbocycles. The van der Waals surface area contributed by atoms with E-state index in [1.807, 2.05) is 30.5 Å². The molecule has 4 nitrogen and oxygen atoms in total. The van der Waals surface area contributed by atoms with E-state index < -0.39 is 0 Å². The monoisotopic (exact) mass is 267 g/mol. The highest BCUT2D eigenvalue weighted by Gasteiger charge is 2.10. The van der Waals surface area contributed by atoms with Crippen LogP contribution in [0.15, 0.2) is 42.6 Å². The molecule has 0 amide bonds. The molecule has 0 spiro atoms. The van der Waals surface area contributed by atoms with E-state index in [2.05, 4.69) is 33.6 Å². The standard InChI is InChI=1S/C16H17N3O/c1-3-15-18-14-5-4-10-17-16(14)19(15)11-12-6-8-13(20-2)9-7-12/h4-10H,3,11H2,1-2H3. The highest BCUT2D eigenvalue weighted by Crippen LogP contribution is 2.18. The van der Waals surface area contributed by atoms with Crippen LogP contribution in [0.25, 0.3) is 11.2 Å². The van der Waals surface area contributed by atoms with Crippen molar-refractivity contribution < 1.29 is 4.74 Å². The van der Waals surface area contributed by atoms with Gasteiger partial charge in [0, 0.05) is 12.6 Å². The van der Waals surface area contributed by atoms with Crippen molar-refractivity contribution in [1.29, 1.82) is 0 Å². The van der Waals surface area contributed by atoms with Crippen LogP contribution in [0.2, 0.25) is 0 Å². The highest BCUT2D eigenvalue weighted by atomic mass is 16.5. The quantitative estimate of drug-likeness (QED) is 0.729. The van der Waals surface area contributed by atoms with Crippen LogP contribution in [0.1, 0.15) is 18.3 Å². The smallest absolute Gasteiger partial charge is 0.160 e. The van der Waals surface area contributed by atoms with Gasteiger partial charge < -0.3 is 9.30 Å². The first-order valence-electron chi connectivity index (χ1n) is 6.75. The SMILES string of the molecule is CCc1nc2cccnc2n1Cc1ccc(OC)cc1. The fourth-order valence-electron chi connectivity index (χ4n) is 2.35. The van der Waals surface area contributed by atoms with Crippen molar-refractivity contribution in [3.63, 3.8) is 0 Å². The Kier molecular flexibility index (Phi) is 3.37. The number of benzene rings is 1. The van der Waals surface area contributed by atoms with E-state index in [0.717, 1.165) is 35.7 Å². The lowest BCUT2D eigenvalue weighted by Gasteiger charge is -2.08. The summed E-state index contributed by atoms with van der Waals surface area (Å²) in [7, 11) is 1.68. The van der Waals surface area contributed by atoms with E-state index in [0.29, 0.717) is 0 Å². The molecule has 0 atom stereocenters. The van der Waals surface area contributed by atoms with Gasteiger partial charge in [-0.05, 0) is 29.8 Å². The number of nitrogens with zero attached hydrogens (tertiary/aromatic N) is 3. The summed E-state index contributed by atoms with van der Waals surface area (Å²) in [6, 6.07) is 12.0. The molecular formula is C16H17N3O. The Morgan fingerprint density at radius 1 is 1.15 bits per heavy atom. The minimum atomic E-state index is 0.778. The van der Waals surface area contributed by atoms with Gasteiger partial charge in [-0.3, -0.25) is 0 Å². The minimum absolute atomic E-state index is 0.778. The van der Waals surface area contributed by atoms with Gasteiger partial charge in [-0.15, -0.1) is 0 Å². The van der Waals surface area contributed by atoms with Crippen molar-refractivity contribution in [3.05, 3.63) is 54.0 Å². The summed E-state index contributed by atoms with van der Waals surface area (Å²) in [5.74, 6) is 1.94. The molecule has 0 radical (unpaired) electrons. The Morgan fingerprint density at radius 3 is 2.65 bits per heavy atom. The Labute approximate surface area is 118 Å². The van der Waals surface area contributed by atoms with Crippen molar-refractivity contribution >= 4 is 11.2 Å². The first-order valence-corrected chi connectivity index (χ1v) is 6.75. The van der Waals surface area contributed by atoms with Crippen LogP contribution >= 0.6 is 0 Å². The number of hydrogen-bond donors (Lipinski definition) is 0.